The van der Waals surface area contributed by atoms with E-state index in [1.807, 2.05) is 24.3 Å². The van der Waals surface area contributed by atoms with Gasteiger partial charge in [0.2, 0.25) is 0 Å². The summed E-state index contributed by atoms with van der Waals surface area (Å²) in [6, 6.07) is 7.76. The van der Waals surface area contributed by atoms with Gasteiger partial charge in [0, 0.05) is 28.4 Å². The van der Waals surface area contributed by atoms with Crippen LogP contribution in [0.5, 0.6) is 0 Å². The molecule has 3 nitrogen and oxygen atoms in total. The number of aromatic nitrogens is 2. The molecule has 0 bridgehead atoms. The molecule has 21 heavy (non-hydrogen) atoms. The van der Waals surface area contributed by atoms with Crippen molar-refractivity contribution >= 4 is 17.4 Å². The molecule has 1 aromatic carbocycles. The molecule has 0 aliphatic heterocycles. The van der Waals surface area contributed by atoms with E-state index in [1.165, 1.54) is 30.5 Å². The van der Waals surface area contributed by atoms with E-state index in [9.17, 15) is 0 Å². The molecule has 0 spiro atoms. The van der Waals surface area contributed by atoms with E-state index in [0.717, 1.165) is 41.6 Å². The van der Waals surface area contributed by atoms with E-state index < -0.39 is 0 Å². The van der Waals surface area contributed by atoms with Crippen molar-refractivity contribution < 1.29 is 0 Å². The quantitative estimate of drug-likeness (QED) is 0.848. The Bertz CT molecular complexity index is 640. The van der Waals surface area contributed by atoms with Gasteiger partial charge in [-0.1, -0.05) is 30.2 Å². The summed E-state index contributed by atoms with van der Waals surface area (Å²) < 4.78 is 0. The number of nitrogens with one attached hydrogen (secondary N) is 1. The molecule has 1 aromatic heterocycles. The SMILES string of the molecule is CCNc1nc(-c2cccc(Cl)c2)nc2c1CCCCC2. The van der Waals surface area contributed by atoms with Crippen molar-refractivity contribution in [1.29, 1.82) is 0 Å². The average molecular weight is 302 g/mol. The maximum absolute atomic E-state index is 6.09. The Labute approximate surface area is 130 Å². The second-order valence-electron chi connectivity index (χ2n) is 5.42. The highest BCUT2D eigenvalue weighted by atomic mass is 35.5. The summed E-state index contributed by atoms with van der Waals surface area (Å²) in [5.74, 6) is 1.77. The molecule has 3 rings (SSSR count). The highest BCUT2D eigenvalue weighted by molar-refractivity contribution is 6.30. The molecule has 0 radical (unpaired) electrons. The summed E-state index contributed by atoms with van der Waals surface area (Å²) in [7, 11) is 0. The van der Waals surface area contributed by atoms with Gasteiger partial charge in [-0.3, -0.25) is 0 Å². The van der Waals surface area contributed by atoms with E-state index in [2.05, 4.69) is 12.2 Å². The van der Waals surface area contributed by atoms with Gasteiger partial charge in [0.1, 0.15) is 5.82 Å². The lowest BCUT2D eigenvalue weighted by Crippen LogP contribution is -2.09. The molecule has 0 saturated heterocycles. The van der Waals surface area contributed by atoms with Crippen LogP contribution >= 0.6 is 11.6 Å². The topological polar surface area (TPSA) is 37.8 Å². The molecule has 0 fully saturated rings. The number of aryl methyl sites for hydroxylation is 1. The van der Waals surface area contributed by atoms with Crippen LogP contribution in [-0.2, 0) is 12.8 Å². The largest absolute Gasteiger partial charge is 0.370 e. The summed E-state index contributed by atoms with van der Waals surface area (Å²) >= 11 is 6.09. The summed E-state index contributed by atoms with van der Waals surface area (Å²) in [6.45, 7) is 2.97. The van der Waals surface area contributed by atoms with Crippen LogP contribution in [0.4, 0.5) is 5.82 Å². The molecule has 4 heteroatoms. The molecular weight excluding hydrogens is 282 g/mol. The average Bonchev–Trinajstić information content (AvgIpc) is 2.73. The minimum Gasteiger partial charge on any atom is -0.370 e. The van der Waals surface area contributed by atoms with Crippen LogP contribution in [0.15, 0.2) is 24.3 Å². The molecule has 0 unspecified atom stereocenters. The van der Waals surface area contributed by atoms with Crippen molar-refractivity contribution in [3.63, 3.8) is 0 Å². The second-order valence-corrected chi connectivity index (χ2v) is 5.86. The fraction of sp³-hybridized carbons (Fsp3) is 0.412. The summed E-state index contributed by atoms with van der Waals surface area (Å²) in [5, 5.41) is 4.12. The van der Waals surface area contributed by atoms with Gasteiger partial charge >= 0.3 is 0 Å². The lowest BCUT2D eigenvalue weighted by atomic mass is 10.1. The highest BCUT2D eigenvalue weighted by Crippen LogP contribution is 2.28. The minimum atomic E-state index is 0.719. The van der Waals surface area contributed by atoms with Crippen LogP contribution in [-0.4, -0.2) is 16.5 Å². The summed E-state index contributed by atoms with van der Waals surface area (Å²) in [6.07, 6.45) is 5.83. The molecule has 2 aromatic rings. The lowest BCUT2D eigenvalue weighted by molar-refractivity contribution is 0.709. The third-order valence-corrected chi connectivity index (χ3v) is 4.10. The monoisotopic (exact) mass is 301 g/mol. The number of benzene rings is 1. The van der Waals surface area contributed by atoms with E-state index in [-0.39, 0.29) is 0 Å². The first-order valence-electron chi connectivity index (χ1n) is 7.67. The molecule has 0 saturated carbocycles. The Morgan fingerprint density at radius 2 is 2.00 bits per heavy atom. The van der Waals surface area contributed by atoms with Gasteiger partial charge < -0.3 is 5.32 Å². The van der Waals surface area contributed by atoms with E-state index in [0.29, 0.717) is 0 Å². The van der Waals surface area contributed by atoms with Crippen LogP contribution in [0.1, 0.15) is 37.4 Å². The Balaban J connectivity index is 2.09. The predicted molar refractivity (Wildman–Crippen MR) is 87.9 cm³/mol. The Hall–Kier alpha value is -1.61. The third-order valence-electron chi connectivity index (χ3n) is 3.86. The maximum Gasteiger partial charge on any atom is 0.161 e. The zero-order valence-corrected chi connectivity index (χ0v) is 13.1. The molecular formula is C17H20ClN3. The Morgan fingerprint density at radius 1 is 1.14 bits per heavy atom. The molecule has 0 atom stereocenters. The van der Waals surface area contributed by atoms with Gasteiger partial charge in [-0.2, -0.15) is 0 Å². The summed E-state index contributed by atoms with van der Waals surface area (Å²) in [5.41, 5.74) is 3.49. The number of halogens is 1. The Morgan fingerprint density at radius 3 is 2.81 bits per heavy atom. The first-order chi connectivity index (χ1) is 10.3. The van der Waals surface area contributed by atoms with Gasteiger partial charge in [-0.05, 0) is 44.7 Å². The second kappa shape index (κ2) is 6.44. The van der Waals surface area contributed by atoms with Crippen molar-refractivity contribution in [1.82, 2.24) is 9.97 Å². The molecule has 1 heterocycles. The van der Waals surface area contributed by atoms with Crippen molar-refractivity contribution in [2.45, 2.75) is 39.0 Å². The lowest BCUT2D eigenvalue weighted by Gasteiger charge is -2.14. The number of hydrogen-bond acceptors (Lipinski definition) is 3. The number of anilines is 1. The fourth-order valence-corrected chi connectivity index (χ4v) is 3.03. The smallest absolute Gasteiger partial charge is 0.161 e. The van der Waals surface area contributed by atoms with Gasteiger partial charge in [-0.25, -0.2) is 9.97 Å². The first kappa shape index (κ1) is 14.3. The number of fused-ring (bicyclic) bond motifs is 1. The van der Waals surface area contributed by atoms with Crippen molar-refractivity contribution in [3.05, 3.63) is 40.5 Å². The summed E-state index contributed by atoms with van der Waals surface area (Å²) in [4.78, 5) is 9.57. The van der Waals surface area contributed by atoms with Crippen molar-refractivity contribution in [2.75, 3.05) is 11.9 Å². The van der Waals surface area contributed by atoms with Gasteiger partial charge in [-0.15, -0.1) is 0 Å². The highest BCUT2D eigenvalue weighted by Gasteiger charge is 2.17. The zero-order valence-electron chi connectivity index (χ0n) is 12.3. The van der Waals surface area contributed by atoms with Gasteiger partial charge in [0.15, 0.2) is 5.82 Å². The van der Waals surface area contributed by atoms with Crippen LogP contribution < -0.4 is 5.32 Å². The van der Waals surface area contributed by atoms with Crippen LogP contribution in [0.2, 0.25) is 5.02 Å². The first-order valence-corrected chi connectivity index (χ1v) is 8.05. The van der Waals surface area contributed by atoms with Crippen LogP contribution in [0.25, 0.3) is 11.4 Å². The molecule has 1 N–H and O–H groups in total. The fourth-order valence-electron chi connectivity index (χ4n) is 2.84. The molecule has 1 aliphatic rings. The van der Waals surface area contributed by atoms with E-state index >= 15 is 0 Å². The standard InChI is InChI=1S/C17H20ClN3/c1-2-19-17-14-9-4-3-5-10-15(14)20-16(21-17)12-7-6-8-13(18)11-12/h6-8,11H,2-5,9-10H2,1H3,(H,19,20,21). The molecule has 110 valence electrons. The number of nitrogens with zero attached hydrogens (tertiary/aromatic N) is 2. The van der Waals surface area contributed by atoms with Crippen molar-refractivity contribution in [3.8, 4) is 11.4 Å². The van der Waals surface area contributed by atoms with Gasteiger partial charge in [0.05, 0.1) is 0 Å². The molecule has 1 aliphatic carbocycles. The predicted octanol–water partition coefficient (Wildman–Crippen LogP) is 4.50. The molecule has 0 amide bonds. The Kier molecular flexibility index (Phi) is 4.39. The van der Waals surface area contributed by atoms with E-state index in [4.69, 9.17) is 21.6 Å². The van der Waals surface area contributed by atoms with Gasteiger partial charge in [0.25, 0.3) is 0 Å². The maximum atomic E-state index is 6.09. The normalized spacial score (nSPS) is 14.4. The van der Waals surface area contributed by atoms with E-state index in [1.54, 1.807) is 0 Å². The zero-order chi connectivity index (χ0) is 14.7. The van der Waals surface area contributed by atoms with Crippen molar-refractivity contribution in [2.24, 2.45) is 0 Å². The minimum absolute atomic E-state index is 0.719. The number of hydrogen-bond donors (Lipinski definition) is 1. The third kappa shape index (κ3) is 3.18. The van der Waals surface area contributed by atoms with Crippen LogP contribution in [0.3, 0.4) is 0 Å². The van der Waals surface area contributed by atoms with Crippen LogP contribution in [0, 0.1) is 0 Å². The number of rotatable bonds is 3.